The van der Waals surface area contributed by atoms with E-state index >= 15 is 0 Å². The van der Waals surface area contributed by atoms with E-state index in [1.165, 1.54) is 0 Å². The zero-order chi connectivity index (χ0) is 12.9. The molecular formula is C12H18ClN3O2. The number of halogens is 1. The van der Waals surface area contributed by atoms with Gasteiger partial charge in [-0.3, -0.25) is 9.59 Å². The normalized spacial score (nSPS) is 13.0. The van der Waals surface area contributed by atoms with Crippen molar-refractivity contribution in [2.45, 2.75) is 18.9 Å². The van der Waals surface area contributed by atoms with Crippen LogP contribution in [0.25, 0.3) is 0 Å². The van der Waals surface area contributed by atoms with Gasteiger partial charge in [0.1, 0.15) is 5.54 Å². The van der Waals surface area contributed by atoms with Gasteiger partial charge in [0, 0.05) is 13.0 Å². The summed E-state index contributed by atoms with van der Waals surface area (Å²) in [6.45, 7) is 1.83. The van der Waals surface area contributed by atoms with E-state index in [1.54, 1.807) is 19.1 Å². The lowest BCUT2D eigenvalue weighted by atomic mass is 9.92. The Labute approximate surface area is 112 Å². The predicted octanol–water partition coefficient (Wildman–Crippen LogP) is 0.274. The van der Waals surface area contributed by atoms with Gasteiger partial charge in [-0.05, 0) is 12.5 Å². The van der Waals surface area contributed by atoms with Crippen LogP contribution in [0.15, 0.2) is 30.3 Å². The molecule has 0 radical (unpaired) electrons. The molecule has 1 aromatic rings. The lowest BCUT2D eigenvalue weighted by Gasteiger charge is -2.23. The average molecular weight is 272 g/mol. The molecule has 1 aromatic carbocycles. The fourth-order valence-electron chi connectivity index (χ4n) is 1.40. The predicted molar refractivity (Wildman–Crippen MR) is 72.1 cm³/mol. The third-order valence-corrected chi connectivity index (χ3v) is 2.50. The highest BCUT2D eigenvalue weighted by Gasteiger charge is 2.29. The maximum Gasteiger partial charge on any atom is 0.244 e. The summed E-state index contributed by atoms with van der Waals surface area (Å²) in [5, 5.41) is 2.59. The van der Waals surface area contributed by atoms with Crippen LogP contribution in [0, 0.1) is 0 Å². The van der Waals surface area contributed by atoms with Gasteiger partial charge < -0.3 is 16.8 Å². The quantitative estimate of drug-likeness (QED) is 0.717. The van der Waals surface area contributed by atoms with Crippen molar-refractivity contribution in [2.75, 3.05) is 6.54 Å². The molecule has 5 N–H and O–H groups in total. The fraction of sp³-hybridized carbons (Fsp3) is 0.333. The molecule has 0 saturated heterocycles. The summed E-state index contributed by atoms with van der Waals surface area (Å²) < 4.78 is 0. The van der Waals surface area contributed by atoms with Gasteiger partial charge in [-0.15, -0.1) is 12.4 Å². The van der Waals surface area contributed by atoms with Crippen LogP contribution in [0.5, 0.6) is 0 Å². The first-order valence-electron chi connectivity index (χ1n) is 5.35. The number of primary amides is 1. The lowest BCUT2D eigenvalue weighted by Crippen LogP contribution is -2.49. The summed E-state index contributed by atoms with van der Waals surface area (Å²) in [5.74, 6) is -0.784. The molecular weight excluding hydrogens is 254 g/mol. The molecule has 0 aliphatic carbocycles. The summed E-state index contributed by atoms with van der Waals surface area (Å²) in [5.41, 5.74) is 10.6. The third-order valence-electron chi connectivity index (χ3n) is 2.50. The molecule has 0 saturated carbocycles. The number of nitrogens with one attached hydrogen (secondary N) is 1. The fourth-order valence-corrected chi connectivity index (χ4v) is 1.40. The smallest absolute Gasteiger partial charge is 0.244 e. The Morgan fingerprint density at radius 3 is 2.33 bits per heavy atom. The minimum Gasteiger partial charge on any atom is -0.370 e. The van der Waals surface area contributed by atoms with Crippen molar-refractivity contribution in [3.05, 3.63) is 35.9 Å². The highest BCUT2D eigenvalue weighted by molar-refractivity contribution is 5.87. The number of hydrogen-bond donors (Lipinski definition) is 3. The number of amides is 2. The van der Waals surface area contributed by atoms with Gasteiger partial charge in [0.05, 0.1) is 0 Å². The van der Waals surface area contributed by atoms with Crippen molar-refractivity contribution in [3.8, 4) is 0 Å². The zero-order valence-electron chi connectivity index (χ0n) is 10.2. The van der Waals surface area contributed by atoms with Gasteiger partial charge in [-0.1, -0.05) is 30.3 Å². The summed E-state index contributed by atoms with van der Waals surface area (Å²) in [7, 11) is 0. The molecule has 18 heavy (non-hydrogen) atoms. The summed E-state index contributed by atoms with van der Waals surface area (Å²) in [4.78, 5) is 22.4. The van der Waals surface area contributed by atoms with Crippen molar-refractivity contribution >= 4 is 24.2 Å². The Balaban J connectivity index is 0.00000289. The molecule has 100 valence electrons. The minimum atomic E-state index is -1.11. The molecule has 2 amide bonds. The van der Waals surface area contributed by atoms with Crippen molar-refractivity contribution in [1.82, 2.24) is 5.32 Å². The number of carbonyl (C=O) groups excluding carboxylic acids is 2. The van der Waals surface area contributed by atoms with Crippen molar-refractivity contribution in [2.24, 2.45) is 11.5 Å². The van der Waals surface area contributed by atoms with Gasteiger partial charge in [0.2, 0.25) is 11.8 Å². The molecule has 1 rings (SSSR count). The largest absolute Gasteiger partial charge is 0.370 e. The maximum absolute atomic E-state index is 11.9. The van der Waals surface area contributed by atoms with Crippen molar-refractivity contribution < 1.29 is 9.59 Å². The van der Waals surface area contributed by atoms with Crippen LogP contribution in [0.3, 0.4) is 0 Å². The van der Waals surface area contributed by atoms with E-state index in [0.717, 1.165) is 5.56 Å². The van der Waals surface area contributed by atoms with E-state index in [0.29, 0.717) is 0 Å². The maximum atomic E-state index is 11.9. The molecule has 0 bridgehead atoms. The number of nitrogens with two attached hydrogens (primary N) is 2. The molecule has 1 unspecified atom stereocenters. The van der Waals surface area contributed by atoms with E-state index in [1.807, 2.05) is 18.2 Å². The Bertz CT molecular complexity index is 407. The summed E-state index contributed by atoms with van der Waals surface area (Å²) in [6, 6.07) is 9.06. The minimum absolute atomic E-state index is 0. The van der Waals surface area contributed by atoms with E-state index < -0.39 is 11.4 Å². The van der Waals surface area contributed by atoms with Crippen LogP contribution < -0.4 is 16.8 Å². The van der Waals surface area contributed by atoms with Crippen LogP contribution in [-0.2, 0) is 15.1 Å². The monoisotopic (exact) mass is 271 g/mol. The number of rotatable bonds is 5. The molecule has 0 aliphatic heterocycles. The van der Waals surface area contributed by atoms with Crippen molar-refractivity contribution in [1.29, 1.82) is 0 Å². The highest BCUT2D eigenvalue weighted by Crippen LogP contribution is 2.17. The van der Waals surface area contributed by atoms with E-state index in [4.69, 9.17) is 11.5 Å². The third kappa shape index (κ3) is 4.35. The SMILES string of the molecule is CC(N)(C(=O)NCCC(N)=O)c1ccccc1.Cl. The van der Waals surface area contributed by atoms with Crippen molar-refractivity contribution in [3.63, 3.8) is 0 Å². The topological polar surface area (TPSA) is 98.2 Å². The number of benzene rings is 1. The van der Waals surface area contributed by atoms with Gasteiger partial charge in [-0.25, -0.2) is 0 Å². The van der Waals surface area contributed by atoms with Gasteiger partial charge in [-0.2, -0.15) is 0 Å². The molecule has 1 atom stereocenters. The van der Waals surface area contributed by atoms with Crippen LogP contribution in [0.1, 0.15) is 18.9 Å². The number of hydrogen-bond acceptors (Lipinski definition) is 3. The van der Waals surface area contributed by atoms with Crippen LogP contribution >= 0.6 is 12.4 Å². The van der Waals surface area contributed by atoms with E-state index in [9.17, 15) is 9.59 Å². The van der Waals surface area contributed by atoms with E-state index in [2.05, 4.69) is 5.32 Å². The van der Waals surface area contributed by atoms with Gasteiger partial charge >= 0.3 is 0 Å². The average Bonchev–Trinajstić information content (AvgIpc) is 2.29. The Kier molecular flexibility index (Phi) is 6.36. The molecule has 6 heteroatoms. The van der Waals surface area contributed by atoms with E-state index in [-0.39, 0.29) is 31.3 Å². The second kappa shape index (κ2) is 6.98. The standard InChI is InChI=1S/C12H17N3O2.ClH/c1-12(14,9-5-3-2-4-6-9)11(17)15-8-7-10(13)16;/h2-6H,7-8,14H2,1H3,(H2,13,16)(H,15,17);1H. The Morgan fingerprint density at radius 1 is 1.28 bits per heavy atom. The highest BCUT2D eigenvalue weighted by atomic mass is 35.5. The lowest BCUT2D eigenvalue weighted by molar-refractivity contribution is -0.126. The Morgan fingerprint density at radius 2 is 1.83 bits per heavy atom. The first-order valence-corrected chi connectivity index (χ1v) is 5.35. The summed E-state index contributed by atoms with van der Waals surface area (Å²) in [6.07, 6.45) is 0.108. The van der Waals surface area contributed by atoms with Gasteiger partial charge in [0.25, 0.3) is 0 Å². The second-order valence-corrected chi connectivity index (χ2v) is 4.04. The molecule has 0 aromatic heterocycles. The van der Waals surface area contributed by atoms with Crippen LogP contribution in [0.4, 0.5) is 0 Å². The van der Waals surface area contributed by atoms with Crippen LogP contribution in [-0.4, -0.2) is 18.4 Å². The number of carbonyl (C=O) groups is 2. The Hall–Kier alpha value is -1.59. The first-order chi connectivity index (χ1) is 7.94. The van der Waals surface area contributed by atoms with Gasteiger partial charge in [0.15, 0.2) is 0 Å². The summed E-state index contributed by atoms with van der Waals surface area (Å²) >= 11 is 0. The molecule has 0 heterocycles. The van der Waals surface area contributed by atoms with Crippen LogP contribution in [0.2, 0.25) is 0 Å². The molecule has 0 aliphatic rings. The molecule has 0 spiro atoms. The zero-order valence-corrected chi connectivity index (χ0v) is 11.0. The molecule has 0 fully saturated rings. The second-order valence-electron chi connectivity index (χ2n) is 4.04. The molecule has 5 nitrogen and oxygen atoms in total. The first kappa shape index (κ1) is 16.4.